The molecule has 2 N–H and O–H groups in total. The van der Waals surface area contributed by atoms with Gasteiger partial charge in [0.25, 0.3) is 0 Å². The van der Waals surface area contributed by atoms with E-state index in [1.807, 2.05) is 0 Å². The predicted octanol–water partition coefficient (Wildman–Crippen LogP) is 2.69. The first kappa shape index (κ1) is 19.5. The fourth-order valence-corrected chi connectivity index (χ4v) is 3.92. The highest BCUT2D eigenvalue weighted by Gasteiger charge is 2.48. The van der Waals surface area contributed by atoms with Crippen LogP contribution in [0.4, 0.5) is 13.2 Å². The molecule has 3 rings (SSSR count). The Morgan fingerprint density at radius 2 is 1.96 bits per heavy atom. The normalized spacial score (nSPS) is 25.4. The maximum absolute atomic E-state index is 13.7. The summed E-state index contributed by atoms with van der Waals surface area (Å²) in [6.07, 6.45) is 2.56. The molecule has 4 atom stereocenters. The lowest BCUT2D eigenvalue weighted by atomic mass is 9.98. The van der Waals surface area contributed by atoms with Crippen molar-refractivity contribution in [3.63, 3.8) is 0 Å². The first-order chi connectivity index (χ1) is 11.4. The van der Waals surface area contributed by atoms with Crippen LogP contribution in [0.15, 0.2) is 12.1 Å². The molecule has 0 aromatic heterocycles. The molecule has 8 heteroatoms. The third-order valence-corrected chi connectivity index (χ3v) is 5.01. The second kappa shape index (κ2) is 7.63. The van der Waals surface area contributed by atoms with Crippen molar-refractivity contribution < 1.29 is 18.0 Å². The summed E-state index contributed by atoms with van der Waals surface area (Å²) in [4.78, 5) is 14.1. The quantitative estimate of drug-likeness (QED) is 0.825. The van der Waals surface area contributed by atoms with Crippen LogP contribution in [-0.2, 0) is 11.2 Å². The van der Waals surface area contributed by atoms with E-state index in [-0.39, 0.29) is 48.7 Å². The average molecular weight is 374 g/mol. The third-order valence-electron chi connectivity index (χ3n) is 5.01. The van der Waals surface area contributed by atoms with Crippen LogP contribution in [-0.4, -0.2) is 28.9 Å². The van der Waals surface area contributed by atoms with Crippen LogP contribution < -0.4 is 5.73 Å². The van der Waals surface area contributed by atoms with Crippen LogP contribution >= 0.6 is 12.4 Å². The number of rotatable bonds is 4. The van der Waals surface area contributed by atoms with Gasteiger partial charge in [-0.15, -0.1) is 12.4 Å². The van der Waals surface area contributed by atoms with E-state index < -0.39 is 29.5 Å². The van der Waals surface area contributed by atoms with Gasteiger partial charge in [0.05, 0.1) is 6.07 Å². The maximum Gasteiger partial charge on any atom is 0.225 e. The lowest BCUT2D eigenvalue weighted by Gasteiger charge is -2.32. The number of halogens is 4. The minimum absolute atomic E-state index is 0. The Hall–Kier alpha value is -1.78. The molecule has 2 aliphatic rings. The summed E-state index contributed by atoms with van der Waals surface area (Å²) in [5.41, 5.74) is 5.84. The van der Waals surface area contributed by atoms with Gasteiger partial charge in [-0.2, -0.15) is 5.26 Å². The molecule has 1 aliphatic heterocycles. The highest BCUT2D eigenvalue weighted by molar-refractivity contribution is 5.85. The highest BCUT2D eigenvalue weighted by atomic mass is 35.5. The van der Waals surface area contributed by atoms with Crippen LogP contribution in [0.3, 0.4) is 0 Å². The molecular weight excluding hydrogens is 355 g/mol. The van der Waals surface area contributed by atoms with Gasteiger partial charge in [-0.05, 0) is 43.2 Å². The second-order valence-electron chi connectivity index (χ2n) is 6.63. The molecule has 2 fully saturated rings. The van der Waals surface area contributed by atoms with Crippen LogP contribution in [0.25, 0.3) is 0 Å². The van der Waals surface area contributed by atoms with E-state index in [4.69, 9.17) is 5.73 Å². The van der Waals surface area contributed by atoms with Crippen LogP contribution in [0.1, 0.15) is 31.2 Å². The Bertz CT molecular complexity index is 709. The van der Waals surface area contributed by atoms with Gasteiger partial charge in [0.1, 0.15) is 11.9 Å². The van der Waals surface area contributed by atoms with E-state index >= 15 is 0 Å². The minimum Gasteiger partial charge on any atom is -0.327 e. The first-order valence-corrected chi connectivity index (χ1v) is 8.00. The first-order valence-electron chi connectivity index (χ1n) is 8.00. The van der Waals surface area contributed by atoms with Crippen molar-refractivity contribution in [1.29, 1.82) is 5.26 Å². The number of fused-ring (bicyclic) bond motifs is 2. The van der Waals surface area contributed by atoms with Crippen molar-refractivity contribution in [3.05, 3.63) is 35.1 Å². The van der Waals surface area contributed by atoms with Crippen LogP contribution in [0.2, 0.25) is 0 Å². The molecule has 1 aromatic carbocycles. The Morgan fingerprint density at radius 3 is 2.64 bits per heavy atom. The summed E-state index contributed by atoms with van der Waals surface area (Å²) in [7, 11) is 0. The maximum atomic E-state index is 13.7. The lowest BCUT2D eigenvalue weighted by Crippen LogP contribution is -2.46. The average Bonchev–Trinajstić information content (AvgIpc) is 3.12. The predicted molar refractivity (Wildman–Crippen MR) is 87.2 cm³/mol. The standard InChI is InChI=1S/C17H18F3N3O.ClH/c18-13-7-15(20)14(19)5-10(13)3-11(22)6-17(24)23-12-2-1-9(4-12)16(23)8-21;/h5,7,9,11-12,16H,1-4,6,22H2;1H/t9-,11+,12+,16+;/m0./s1. The van der Waals surface area contributed by atoms with Gasteiger partial charge >= 0.3 is 0 Å². The molecule has 136 valence electrons. The minimum atomic E-state index is -1.26. The Labute approximate surface area is 150 Å². The van der Waals surface area contributed by atoms with Crippen molar-refractivity contribution in [2.45, 2.75) is 50.2 Å². The molecule has 1 saturated heterocycles. The van der Waals surface area contributed by atoms with E-state index in [1.165, 1.54) is 0 Å². The number of amides is 1. The molecule has 1 aliphatic carbocycles. The fourth-order valence-electron chi connectivity index (χ4n) is 3.92. The highest BCUT2D eigenvalue weighted by Crippen LogP contribution is 2.42. The number of carbonyl (C=O) groups excluding carboxylic acids is 1. The molecule has 2 bridgehead atoms. The van der Waals surface area contributed by atoms with Gasteiger partial charge in [0.2, 0.25) is 5.91 Å². The molecule has 0 unspecified atom stereocenters. The Balaban J connectivity index is 0.00000225. The van der Waals surface area contributed by atoms with Gasteiger partial charge in [0.15, 0.2) is 11.6 Å². The topological polar surface area (TPSA) is 70.1 Å². The zero-order valence-corrected chi connectivity index (χ0v) is 14.2. The number of carbonyl (C=O) groups is 1. The molecular formula is C17H19ClF3N3O. The van der Waals surface area contributed by atoms with Crippen molar-refractivity contribution in [2.24, 2.45) is 11.7 Å². The monoisotopic (exact) mass is 373 g/mol. The summed E-state index contributed by atoms with van der Waals surface area (Å²) in [6, 6.07) is 2.37. The lowest BCUT2D eigenvalue weighted by molar-refractivity contribution is -0.134. The number of nitriles is 1. The van der Waals surface area contributed by atoms with E-state index in [1.54, 1.807) is 4.90 Å². The van der Waals surface area contributed by atoms with E-state index in [0.717, 1.165) is 25.3 Å². The largest absolute Gasteiger partial charge is 0.327 e. The zero-order valence-electron chi connectivity index (χ0n) is 13.4. The molecule has 25 heavy (non-hydrogen) atoms. The van der Waals surface area contributed by atoms with Crippen molar-refractivity contribution in [3.8, 4) is 6.07 Å². The summed E-state index contributed by atoms with van der Waals surface area (Å²) >= 11 is 0. The summed E-state index contributed by atoms with van der Waals surface area (Å²) < 4.78 is 39.8. The van der Waals surface area contributed by atoms with E-state index in [2.05, 4.69) is 6.07 Å². The molecule has 1 heterocycles. The van der Waals surface area contributed by atoms with Crippen molar-refractivity contribution in [2.75, 3.05) is 0 Å². The number of hydrogen-bond donors (Lipinski definition) is 1. The number of nitrogens with two attached hydrogens (primary N) is 1. The number of hydrogen-bond acceptors (Lipinski definition) is 3. The number of piperidine rings is 1. The van der Waals surface area contributed by atoms with Gasteiger partial charge in [-0.3, -0.25) is 4.79 Å². The summed E-state index contributed by atoms with van der Waals surface area (Å²) in [5.74, 6) is -3.29. The SMILES string of the molecule is Cl.N#C[C@@H]1[C@H]2CC[C@H](C2)N1C(=O)C[C@H](N)Cc1cc(F)c(F)cc1F. The summed E-state index contributed by atoms with van der Waals surface area (Å²) in [5, 5.41) is 9.27. The number of likely N-dealkylation sites (tertiary alicyclic amines) is 1. The molecule has 4 nitrogen and oxygen atoms in total. The van der Waals surface area contributed by atoms with Gasteiger partial charge in [-0.1, -0.05) is 0 Å². The number of nitrogens with zero attached hydrogens (tertiary/aromatic N) is 2. The van der Waals surface area contributed by atoms with E-state index in [0.29, 0.717) is 6.07 Å². The Morgan fingerprint density at radius 1 is 1.28 bits per heavy atom. The van der Waals surface area contributed by atoms with Gasteiger partial charge in [-0.25, -0.2) is 13.2 Å². The van der Waals surface area contributed by atoms with Crippen molar-refractivity contribution in [1.82, 2.24) is 4.90 Å². The van der Waals surface area contributed by atoms with Crippen molar-refractivity contribution >= 4 is 18.3 Å². The third kappa shape index (κ3) is 3.75. The second-order valence-corrected chi connectivity index (χ2v) is 6.63. The molecule has 0 spiro atoms. The summed E-state index contributed by atoms with van der Waals surface area (Å²) in [6.45, 7) is 0. The number of benzene rings is 1. The Kier molecular flexibility index (Phi) is 5.96. The molecule has 0 radical (unpaired) electrons. The van der Waals surface area contributed by atoms with Crippen LogP contribution in [0, 0.1) is 34.7 Å². The van der Waals surface area contributed by atoms with Crippen LogP contribution in [0.5, 0.6) is 0 Å². The van der Waals surface area contributed by atoms with E-state index in [9.17, 15) is 23.2 Å². The smallest absolute Gasteiger partial charge is 0.225 e. The molecule has 1 saturated carbocycles. The van der Waals surface area contributed by atoms with Gasteiger partial charge in [0, 0.05) is 24.6 Å². The molecule has 1 amide bonds. The zero-order chi connectivity index (χ0) is 17.4. The van der Waals surface area contributed by atoms with Gasteiger partial charge < -0.3 is 10.6 Å². The fraction of sp³-hybridized carbons (Fsp3) is 0.529. The molecule has 1 aromatic rings.